The van der Waals surface area contributed by atoms with Crippen LogP contribution in [0.15, 0.2) is 53.8 Å². The van der Waals surface area contributed by atoms with Gasteiger partial charge in [-0.15, -0.1) is 0 Å². The second-order valence-electron chi connectivity index (χ2n) is 7.96. The van der Waals surface area contributed by atoms with Crippen molar-refractivity contribution in [3.05, 3.63) is 71.4 Å². The van der Waals surface area contributed by atoms with Gasteiger partial charge < -0.3 is 9.30 Å². The SMILES string of the molecule is CCC1C=CN=C(C)c2ccn(CC[C@H]3CC[C@@H](Cc4ccc(F)cc4)O3)c21. The van der Waals surface area contributed by atoms with Crippen LogP contribution in [0.4, 0.5) is 4.39 Å². The summed E-state index contributed by atoms with van der Waals surface area (Å²) in [6.07, 6.45) is 12.1. The van der Waals surface area contributed by atoms with Gasteiger partial charge in [0.1, 0.15) is 5.82 Å². The highest BCUT2D eigenvalue weighted by molar-refractivity contribution is 6.00. The molecule has 1 saturated heterocycles. The Morgan fingerprint density at radius 2 is 1.93 bits per heavy atom. The molecule has 1 aromatic carbocycles. The van der Waals surface area contributed by atoms with E-state index in [4.69, 9.17) is 4.74 Å². The monoisotopic (exact) mass is 380 g/mol. The summed E-state index contributed by atoms with van der Waals surface area (Å²) >= 11 is 0. The molecule has 4 heteroatoms. The second-order valence-corrected chi connectivity index (χ2v) is 7.96. The second kappa shape index (κ2) is 8.44. The highest BCUT2D eigenvalue weighted by Crippen LogP contribution is 2.30. The molecule has 4 rings (SSSR count). The first-order valence-corrected chi connectivity index (χ1v) is 10.4. The van der Waals surface area contributed by atoms with Crippen molar-refractivity contribution >= 4 is 5.71 Å². The standard InChI is InChI=1S/C24H29FN2O/c1-3-19-10-13-26-17(2)23-12-15-27(24(19)23)14-11-21-8-9-22(28-21)16-18-4-6-20(25)7-5-18/h4-7,10,12-13,15,19,21-22H,3,8-9,11,14,16H2,1-2H3/t19?,21-,22+/m1/s1. The van der Waals surface area contributed by atoms with Crippen molar-refractivity contribution in [3.63, 3.8) is 0 Å². The van der Waals surface area contributed by atoms with E-state index in [1.54, 1.807) is 0 Å². The van der Waals surface area contributed by atoms with Crippen LogP contribution in [-0.2, 0) is 17.7 Å². The van der Waals surface area contributed by atoms with Gasteiger partial charge in [-0.2, -0.15) is 0 Å². The average molecular weight is 381 g/mol. The fourth-order valence-electron chi connectivity index (χ4n) is 4.46. The number of hydrogen-bond donors (Lipinski definition) is 0. The number of fused-ring (bicyclic) bond motifs is 1. The summed E-state index contributed by atoms with van der Waals surface area (Å²) in [6.45, 7) is 5.30. The number of aliphatic imine (C=N–C) groups is 1. The van der Waals surface area contributed by atoms with Crippen LogP contribution in [0.2, 0.25) is 0 Å². The summed E-state index contributed by atoms with van der Waals surface area (Å²) in [6, 6.07) is 9.00. The number of rotatable bonds is 6. The van der Waals surface area contributed by atoms with Crippen molar-refractivity contribution in [2.45, 2.75) is 70.6 Å². The zero-order valence-electron chi connectivity index (χ0n) is 16.8. The van der Waals surface area contributed by atoms with E-state index in [9.17, 15) is 4.39 Å². The summed E-state index contributed by atoms with van der Waals surface area (Å²) in [7, 11) is 0. The average Bonchev–Trinajstić information content (AvgIpc) is 3.28. The van der Waals surface area contributed by atoms with Gasteiger partial charge in [-0.1, -0.05) is 25.1 Å². The van der Waals surface area contributed by atoms with Crippen molar-refractivity contribution in [2.75, 3.05) is 0 Å². The number of nitrogens with zero attached hydrogens (tertiary/aromatic N) is 2. The molecule has 0 bridgehead atoms. The molecule has 2 aliphatic heterocycles. The predicted molar refractivity (Wildman–Crippen MR) is 111 cm³/mol. The van der Waals surface area contributed by atoms with E-state index < -0.39 is 0 Å². The van der Waals surface area contributed by atoms with Crippen LogP contribution in [0.3, 0.4) is 0 Å². The van der Waals surface area contributed by atoms with E-state index in [-0.39, 0.29) is 11.9 Å². The lowest BCUT2D eigenvalue weighted by Crippen LogP contribution is -2.16. The summed E-state index contributed by atoms with van der Waals surface area (Å²) in [5, 5.41) is 0. The first-order chi connectivity index (χ1) is 13.6. The van der Waals surface area contributed by atoms with Crippen LogP contribution in [0, 0.1) is 5.82 Å². The number of halogens is 1. The lowest BCUT2D eigenvalue weighted by Gasteiger charge is -2.19. The fourth-order valence-corrected chi connectivity index (χ4v) is 4.46. The van der Waals surface area contributed by atoms with Crippen molar-refractivity contribution in [3.8, 4) is 0 Å². The molecule has 0 aliphatic carbocycles. The predicted octanol–water partition coefficient (Wildman–Crippen LogP) is 5.64. The third kappa shape index (κ3) is 4.12. The van der Waals surface area contributed by atoms with Crippen molar-refractivity contribution in [1.29, 1.82) is 0 Å². The van der Waals surface area contributed by atoms with Crippen LogP contribution in [0.25, 0.3) is 0 Å². The van der Waals surface area contributed by atoms with E-state index in [2.05, 4.69) is 41.7 Å². The zero-order chi connectivity index (χ0) is 19.5. The van der Waals surface area contributed by atoms with Crippen LogP contribution in [0.5, 0.6) is 0 Å². The normalized spacial score (nSPS) is 24.1. The number of hydrogen-bond acceptors (Lipinski definition) is 2. The molecule has 3 nitrogen and oxygen atoms in total. The highest BCUT2D eigenvalue weighted by Gasteiger charge is 2.26. The Morgan fingerprint density at radius 3 is 2.71 bits per heavy atom. The third-order valence-electron chi connectivity index (χ3n) is 6.04. The third-order valence-corrected chi connectivity index (χ3v) is 6.04. The van der Waals surface area contributed by atoms with E-state index >= 15 is 0 Å². The van der Waals surface area contributed by atoms with Gasteiger partial charge in [-0.3, -0.25) is 4.99 Å². The topological polar surface area (TPSA) is 26.5 Å². The van der Waals surface area contributed by atoms with Gasteiger partial charge in [0.05, 0.1) is 12.2 Å². The van der Waals surface area contributed by atoms with E-state index in [0.29, 0.717) is 12.0 Å². The van der Waals surface area contributed by atoms with Gasteiger partial charge in [0, 0.05) is 41.8 Å². The summed E-state index contributed by atoms with van der Waals surface area (Å²) in [5.41, 5.74) is 4.91. The van der Waals surface area contributed by atoms with Crippen LogP contribution in [-0.4, -0.2) is 22.5 Å². The molecule has 2 aromatic rings. The molecular weight excluding hydrogens is 351 g/mol. The van der Waals surface area contributed by atoms with Crippen molar-refractivity contribution < 1.29 is 9.13 Å². The van der Waals surface area contributed by atoms with Gasteiger partial charge in [0.15, 0.2) is 0 Å². The summed E-state index contributed by atoms with van der Waals surface area (Å²) in [4.78, 5) is 4.54. The molecule has 1 fully saturated rings. The molecular formula is C24H29FN2O. The zero-order valence-corrected chi connectivity index (χ0v) is 16.8. The quantitative estimate of drug-likeness (QED) is 0.637. The maximum atomic E-state index is 13.1. The Labute approximate surface area is 166 Å². The van der Waals surface area contributed by atoms with E-state index in [0.717, 1.165) is 49.9 Å². The smallest absolute Gasteiger partial charge is 0.123 e. The lowest BCUT2D eigenvalue weighted by atomic mass is 9.97. The van der Waals surface area contributed by atoms with Crippen LogP contribution < -0.4 is 0 Å². The highest BCUT2D eigenvalue weighted by atomic mass is 19.1. The number of benzene rings is 1. The Hall–Kier alpha value is -2.20. The Kier molecular flexibility index (Phi) is 5.77. The first kappa shape index (κ1) is 19.1. The van der Waals surface area contributed by atoms with Gasteiger partial charge >= 0.3 is 0 Å². The Morgan fingerprint density at radius 1 is 1.14 bits per heavy atom. The molecule has 0 saturated carbocycles. The van der Waals surface area contributed by atoms with Crippen molar-refractivity contribution in [2.24, 2.45) is 4.99 Å². The molecule has 1 aromatic heterocycles. The minimum absolute atomic E-state index is 0.180. The number of aromatic nitrogens is 1. The van der Waals surface area contributed by atoms with E-state index in [1.165, 1.54) is 23.4 Å². The van der Waals surface area contributed by atoms with Crippen LogP contribution in [0.1, 0.15) is 62.3 Å². The van der Waals surface area contributed by atoms with Gasteiger partial charge in [0.2, 0.25) is 0 Å². The summed E-state index contributed by atoms with van der Waals surface area (Å²) < 4.78 is 21.8. The van der Waals surface area contributed by atoms with E-state index in [1.807, 2.05) is 18.3 Å². The molecule has 3 heterocycles. The number of aryl methyl sites for hydroxylation is 1. The van der Waals surface area contributed by atoms with Gasteiger partial charge in [-0.05, 0) is 62.8 Å². The van der Waals surface area contributed by atoms with Crippen molar-refractivity contribution in [1.82, 2.24) is 4.57 Å². The molecule has 3 atom stereocenters. The summed E-state index contributed by atoms with van der Waals surface area (Å²) in [5.74, 6) is 0.238. The molecule has 2 aliphatic rings. The molecule has 0 N–H and O–H groups in total. The molecule has 0 radical (unpaired) electrons. The van der Waals surface area contributed by atoms with Crippen LogP contribution >= 0.6 is 0 Å². The number of allylic oxidation sites excluding steroid dienone is 1. The molecule has 148 valence electrons. The fraction of sp³-hybridized carbons (Fsp3) is 0.458. The molecule has 0 spiro atoms. The maximum absolute atomic E-state index is 13.1. The minimum Gasteiger partial charge on any atom is -0.375 e. The van der Waals surface area contributed by atoms with Gasteiger partial charge in [-0.25, -0.2) is 4.39 Å². The van der Waals surface area contributed by atoms with Gasteiger partial charge in [0.25, 0.3) is 0 Å². The first-order valence-electron chi connectivity index (χ1n) is 10.4. The Balaban J connectivity index is 1.36. The number of ether oxygens (including phenoxy) is 1. The lowest BCUT2D eigenvalue weighted by molar-refractivity contribution is 0.0386. The minimum atomic E-state index is -0.180. The maximum Gasteiger partial charge on any atom is 0.123 e. The molecule has 28 heavy (non-hydrogen) atoms. The largest absolute Gasteiger partial charge is 0.375 e. The molecule has 1 unspecified atom stereocenters. The Bertz CT molecular complexity index is 865. The molecule has 0 amide bonds.